The summed E-state index contributed by atoms with van der Waals surface area (Å²) >= 11 is 0. The Morgan fingerprint density at radius 2 is 2.14 bits per heavy atom. The molecule has 0 radical (unpaired) electrons. The van der Waals surface area contributed by atoms with Crippen LogP contribution in [0.2, 0.25) is 0 Å². The number of Topliss-reactive ketones (excluding diaryl/α,β-unsaturated/α-hetero) is 1. The van der Waals surface area contributed by atoms with E-state index in [1.807, 2.05) is 0 Å². The number of hydrogen-bond donors (Lipinski definition) is 1. The van der Waals surface area contributed by atoms with Crippen LogP contribution in [0.25, 0.3) is 0 Å². The Balaban J connectivity index is 1.21. The van der Waals surface area contributed by atoms with Gasteiger partial charge in [-0.05, 0) is 49.2 Å². The van der Waals surface area contributed by atoms with Gasteiger partial charge in [-0.15, -0.1) is 0 Å². The lowest BCUT2D eigenvalue weighted by molar-refractivity contribution is 0.0972. The van der Waals surface area contributed by atoms with Gasteiger partial charge in [-0.25, -0.2) is 4.39 Å². The quantitative estimate of drug-likeness (QED) is 0.621. The van der Waals surface area contributed by atoms with Crippen molar-refractivity contribution in [1.82, 2.24) is 4.90 Å². The molecule has 2 atom stereocenters. The van der Waals surface area contributed by atoms with Crippen LogP contribution < -0.4 is 15.4 Å². The topological polar surface area (TPSA) is 58.8 Å². The Morgan fingerprint density at radius 1 is 1.24 bits per heavy atom. The summed E-state index contributed by atoms with van der Waals surface area (Å²) in [6, 6.07) is 11.0. The number of nitrogen functional groups attached to an aromatic ring is 1. The number of ketones is 1. The average molecular weight is 395 g/mol. The lowest BCUT2D eigenvalue weighted by Crippen LogP contribution is -2.48. The zero-order chi connectivity index (χ0) is 20.0. The fraction of sp³-hybridized carbons (Fsp3) is 0.435. The summed E-state index contributed by atoms with van der Waals surface area (Å²) in [6.07, 6.45) is 2.35. The molecule has 29 heavy (non-hydrogen) atoms. The predicted molar refractivity (Wildman–Crippen MR) is 111 cm³/mol. The molecule has 0 spiro atoms. The summed E-state index contributed by atoms with van der Waals surface area (Å²) in [5, 5.41) is 0. The first-order valence-electron chi connectivity index (χ1n) is 10.4. The van der Waals surface area contributed by atoms with Crippen LogP contribution in [0.1, 0.15) is 41.1 Å². The van der Waals surface area contributed by atoms with E-state index in [9.17, 15) is 9.18 Å². The second-order valence-electron chi connectivity index (χ2n) is 8.26. The highest BCUT2D eigenvalue weighted by Crippen LogP contribution is 2.50. The minimum Gasteiger partial charge on any atom is -0.490 e. The zero-order valence-electron chi connectivity index (χ0n) is 16.4. The first-order chi connectivity index (χ1) is 14.1. The van der Waals surface area contributed by atoms with Gasteiger partial charge in [0.2, 0.25) is 0 Å². The normalized spacial score (nSPS) is 22.7. The van der Waals surface area contributed by atoms with Gasteiger partial charge in [0.05, 0.1) is 12.2 Å². The summed E-state index contributed by atoms with van der Waals surface area (Å²) in [6.45, 7) is 4.69. The van der Waals surface area contributed by atoms with Crippen molar-refractivity contribution < 1.29 is 13.9 Å². The number of piperidine rings is 1. The molecule has 0 bridgehead atoms. The molecular formula is C23H26FN3O2. The van der Waals surface area contributed by atoms with Crippen molar-refractivity contribution >= 4 is 17.2 Å². The van der Waals surface area contributed by atoms with E-state index in [1.54, 1.807) is 0 Å². The Labute approximate surface area is 170 Å². The second kappa shape index (κ2) is 7.34. The molecule has 3 aliphatic rings. The van der Waals surface area contributed by atoms with Gasteiger partial charge in [0.1, 0.15) is 18.2 Å². The van der Waals surface area contributed by atoms with Gasteiger partial charge >= 0.3 is 0 Å². The molecule has 5 rings (SSSR count). The van der Waals surface area contributed by atoms with Crippen LogP contribution >= 0.6 is 0 Å². The largest absolute Gasteiger partial charge is 0.490 e. The minimum absolute atomic E-state index is 0.0116. The van der Waals surface area contributed by atoms with Gasteiger partial charge in [-0.1, -0.05) is 12.1 Å². The van der Waals surface area contributed by atoms with Crippen LogP contribution in [0.3, 0.4) is 0 Å². The van der Waals surface area contributed by atoms with Crippen molar-refractivity contribution in [3.8, 4) is 5.75 Å². The van der Waals surface area contributed by atoms with Crippen molar-refractivity contribution in [3.05, 3.63) is 53.3 Å². The molecule has 5 nitrogen and oxygen atoms in total. The van der Waals surface area contributed by atoms with Crippen molar-refractivity contribution in [2.24, 2.45) is 0 Å². The summed E-state index contributed by atoms with van der Waals surface area (Å²) in [7, 11) is 0. The van der Waals surface area contributed by atoms with Gasteiger partial charge in [-0.3, -0.25) is 4.79 Å². The van der Waals surface area contributed by atoms with Crippen molar-refractivity contribution in [1.29, 1.82) is 0 Å². The monoisotopic (exact) mass is 395 g/mol. The van der Waals surface area contributed by atoms with Crippen molar-refractivity contribution in [2.45, 2.75) is 31.2 Å². The number of para-hydroxylation sites is 1. The molecule has 1 saturated heterocycles. The number of carbonyl (C=O) groups excluding carboxylic acids is 1. The van der Waals surface area contributed by atoms with E-state index in [1.165, 1.54) is 29.4 Å². The number of carbonyl (C=O) groups is 1. The molecule has 0 unspecified atom stereocenters. The summed E-state index contributed by atoms with van der Waals surface area (Å²) in [5.41, 5.74) is 9.16. The lowest BCUT2D eigenvalue weighted by atomic mass is 9.89. The van der Waals surface area contributed by atoms with Gasteiger partial charge < -0.3 is 20.3 Å². The lowest BCUT2D eigenvalue weighted by Gasteiger charge is -2.40. The number of benzene rings is 2. The van der Waals surface area contributed by atoms with E-state index in [0.29, 0.717) is 23.9 Å². The molecule has 3 aliphatic heterocycles. The molecule has 0 aromatic heterocycles. The van der Waals surface area contributed by atoms with E-state index in [0.717, 1.165) is 51.4 Å². The molecule has 152 valence electrons. The Kier molecular flexibility index (Phi) is 4.66. The maximum Gasteiger partial charge on any atom is 0.164 e. The zero-order valence-corrected chi connectivity index (χ0v) is 16.4. The molecule has 0 amide bonds. The Morgan fingerprint density at radius 3 is 3.00 bits per heavy atom. The number of nitrogens with two attached hydrogens (primary N) is 1. The van der Waals surface area contributed by atoms with Gasteiger partial charge in [0.15, 0.2) is 5.78 Å². The maximum atomic E-state index is 13.2. The van der Waals surface area contributed by atoms with E-state index in [4.69, 9.17) is 10.5 Å². The molecule has 2 aromatic rings. The van der Waals surface area contributed by atoms with Crippen LogP contribution in [-0.2, 0) is 0 Å². The number of halogens is 1. The van der Waals surface area contributed by atoms with Crippen molar-refractivity contribution in [2.75, 3.05) is 43.4 Å². The van der Waals surface area contributed by atoms with Crippen molar-refractivity contribution in [3.63, 3.8) is 0 Å². The second-order valence-corrected chi connectivity index (χ2v) is 8.26. The molecule has 1 fully saturated rings. The van der Waals surface area contributed by atoms with Crippen LogP contribution in [0.4, 0.5) is 15.8 Å². The van der Waals surface area contributed by atoms with E-state index in [-0.39, 0.29) is 11.5 Å². The Hall–Kier alpha value is -2.60. The van der Waals surface area contributed by atoms with Gasteiger partial charge in [-0.2, -0.15) is 0 Å². The summed E-state index contributed by atoms with van der Waals surface area (Å²) < 4.78 is 19.1. The highest BCUT2D eigenvalue weighted by atomic mass is 19.1. The first kappa shape index (κ1) is 18.4. The first-order valence-corrected chi connectivity index (χ1v) is 10.4. The number of rotatable bonds is 5. The molecule has 6 heteroatoms. The van der Waals surface area contributed by atoms with Gasteiger partial charge in [0, 0.05) is 42.7 Å². The summed E-state index contributed by atoms with van der Waals surface area (Å²) in [5.74, 6) is 1.11. The van der Waals surface area contributed by atoms with E-state index in [2.05, 4.69) is 28.0 Å². The predicted octanol–water partition coefficient (Wildman–Crippen LogP) is 3.44. The maximum absolute atomic E-state index is 13.2. The third kappa shape index (κ3) is 3.25. The van der Waals surface area contributed by atoms with Gasteiger partial charge in [0.25, 0.3) is 0 Å². The number of ether oxygens (including phenoxy) is 1. The molecular weight excluding hydrogens is 369 g/mol. The van der Waals surface area contributed by atoms with E-state index >= 15 is 0 Å². The minimum atomic E-state index is -0.412. The fourth-order valence-corrected chi connectivity index (χ4v) is 5.23. The van der Waals surface area contributed by atoms with E-state index < -0.39 is 5.82 Å². The highest BCUT2D eigenvalue weighted by molar-refractivity contribution is 6.00. The third-order valence-corrected chi connectivity index (χ3v) is 6.56. The Bertz CT molecular complexity index is 948. The molecule has 2 N–H and O–H groups in total. The average Bonchev–Trinajstić information content (AvgIpc) is 3.04. The highest BCUT2D eigenvalue weighted by Gasteiger charge is 2.44. The SMILES string of the molecule is Nc1cc(F)ccc1C(=O)CCCN1CC[C@@H]2[C@H](C1)c1cccc3c1N2CCO3. The van der Waals surface area contributed by atoms with Crippen LogP contribution in [-0.4, -0.2) is 49.5 Å². The summed E-state index contributed by atoms with van der Waals surface area (Å²) in [4.78, 5) is 17.5. The molecule has 3 heterocycles. The smallest absolute Gasteiger partial charge is 0.164 e. The molecule has 0 saturated carbocycles. The number of nitrogens with zero attached hydrogens (tertiary/aromatic N) is 2. The molecule has 2 aromatic carbocycles. The third-order valence-electron chi connectivity index (χ3n) is 6.56. The fourth-order valence-electron chi connectivity index (χ4n) is 5.23. The van der Waals surface area contributed by atoms with Crippen LogP contribution in [0.15, 0.2) is 36.4 Å². The van der Waals surface area contributed by atoms with Crippen LogP contribution in [0, 0.1) is 5.82 Å². The standard InChI is InChI=1S/C23H26FN3O2/c24-15-6-7-17(19(25)13-15)21(28)4-2-9-26-10-8-20-18(14-26)16-3-1-5-22-23(16)27(20)11-12-29-22/h1,3,5-7,13,18,20H,2,4,8-12,14,25H2/t18-,20-/m1/s1. The number of likely N-dealkylation sites (tertiary alicyclic amines) is 1. The van der Waals surface area contributed by atoms with Crippen LogP contribution in [0.5, 0.6) is 5.75 Å². The number of hydrogen-bond acceptors (Lipinski definition) is 5. The number of fused-ring (bicyclic) bond motifs is 3. The number of anilines is 2. The molecule has 0 aliphatic carbocycles.